The molecule has 0 radical (unpaired) electrons. The Morgan fingerprint density at radius 3 is 2.58 bits per heavy atom. The molecule has 0 saturated carbocycles. The van der Waals surface area contributed by atoms with E-state index in [2.05, 4.69) is 38.8 Å². The van der Waals surface area contributed by atoms with E-state index in [-0.39, 0.29) is 5.82 Å². The van der Waals surface area contributed by atoms with E-state index in [4.69, 9.17) is 0 Å². The van der Waals surface area contributed by atoms with Crippen molar-refractivity contribution in [3.05, 3.63) is 71.2 Å². The maximum absolute atomic E-state index is 12.9. The van der Waals surface area contributed by atoms with Crippen LogP contribution in [0, 0.1) is 19.7 Å². The number of hydrogen-bond acceptors (Lipinski definition) is 5. The quantitative estimate of drug-likeness (QED) is 0.743. The van der Waals surface area contributed by atoms with Gasteiger partial charge in [0.1, 0.15) is 5.82 Å². The normalized spacial score (nSPS) is 10.5. The van der Waals surface area contributed by atoms with Gasteiger partial charge in [0.2, 0.25) is 5.95 Å². The van der Waals surface area contributed by atoms with Crippen molar-refractivity contribution in [3.8, 4) is 0 Å². The Hall–Kier alpha value is -3.02. The summed E-state index contributed by atoms with van der Waals surface area (Å²) in [6, 6.07) is 12.4. The van der Waals surface area contributed by atoms with E-state index in [0.29, 0.717) is 18.3 Å². The molecule has 0 unspecified atom stereocenters. The molecule has 1 heterocycles. The highest BCUT2D eigenvalue weighted by Gasteiger charge is 2.04. The first-order valence-corrected chi connectivity index (χ1v) is 7.62. The third kappa shape index (κ3) is 4.04. The van der Waals surface area contributed by atoms with Gasteiger partial charge in [-0.15, -0.1) is 5.10 Å². The molecule has 24 heavy (non-hydrogen) atoms. The van der Waals surface area contributed by atoms with Crippen LogP contribution in [0.1, 0.15) is 16.7 Å². The number of nitrogens with zero attached hydrogens (tertiary/aromatic N) is 3. The van der Waals surface area contributed by atoms with Crippen molar-refractivity contribution in [2.75, 3.05) is 10.6 Å². The molecular weight excluding hydrogens is 305 g/mol. The minimum atomic E-state index is -0.248. The van der Waals surface area contributed by atoms with Crippen LogP contribution in [-0.4, -0.2) is 15.2 Å². The summed E-state index contributed by atoms with van der Waals surface area (Å²) < 4.78 is 12.9. The van der Waals surface area contributed by atoms with Gasteiger partial charge in [-0.05, 0) is 43.2 Å². The summed E-state index contributed by atoms with van der Waals surface area (Å²) in [5, 5.41) is 14.3. The molecule has 3 aromatic rings. The van der Waals surface area contributed by atoms with Gasteiger partial charge in [0.25, 0.3) is 0 Å². The van der Waals surface area contributed by atoms with Gasteiger partial charge in [-0.3, -0.25) is 0 Å². The van der Waals surface area contributed by atoms with Gasteiger partial charge in [-0.1, -0.05) is 29.8 Å². The number of anilines is 3. The van der Waals surface area contributed by atoms with Gasteiger partial charge in [0.05, 0.1) is 6.20 Å². The summed E-state index contributed by atoms with van der Waals surface area (Å²) in [6.45, 7) is 4.61. The Bertz CT molecular complexity index is 833. The molecule has 0 aliphatic heterocycles. The minimum absolute atomic E-state index is 0.248. The summed E-state index contributed by atoms with van der Waals surface area (Å²) in [7, 11) is 0. The zero-order valence-electron chi connectivity index (χ0n) is 13.5. The molecule has 0 spiro atoms. The van der Waals surface area contributed by atoms with Gasteiger partial charge in [-0.2, -0.15) is 10.1 Å². The highest BCUT2D eigenvalue weighted by Crippen LogP contribution is 2.19. The molecule has 2 aromatic carbocycles. The Balaban J connectivity index is 1.68. The predicted octanol–water partition coefficient (Wildman–Crippen LogP) is 3.98. The lowest BCUT2D eigenvalue weighted by Gasteiger charge is -2.10. The molecule has 0 amide bonds. The van der Waals surface area contributed by atoms with E-state index >= 15 is 0 Å². The zero-order valence-corrected chi connectivity index (χ0v) is 13.5. The van der Waals surface area contributed by atoms with E-state index in [1.54, 1.807) is 18.3 Å². The van der Waals surface area contributed by atoms with E-state index in [1.807, 2.05) is 19.1 Å². The lowest BCUT2D eigenvalue weighted by atomic mass is 10.1. The maximum Gasteiger partial charge on any atom is 0.249 e. The first kappa shape index (κ1) is 15.9. The standard InChI is InChI=1S/C18H18FN5/c1-12-3-8-16(13(2)9-12)22-18-23-17(11-21-24-18)20-10-14-4-6-15(19)7-5-14/h3-9,11H,10H2,1-2H3,(H2,20,22,23,24). The average molecular weight is 323 g/mol. The van der Waals surface area contributed by atoms with Crippen LogP contribution >= 0.6 is 0 Å². The van der Waals surface area contributed by atoms with Crippen molar-refractivity contribution < 1.29 is 4.39 Å². The molecule has 0 aliphatic rings. The Morgan fingerprint density at radius 2 is 1.83 bits per heavy atom. The molecule has 0 fully saturated rings. The SMILES string of the molecule is Cc1ccc(Nc2nncc(NCc3ccc(F)cc3)n2)c(C)c1. The third-order valence-corrected chi connectivity index (χ3v) is 3.57. The first-order valence-electron chi connectivity index (χ1n) is 7.62. The Labute approximate surface area is 140 Å². The van der Waals surface area contributed by atoms with E-state index in [9.17, 15) is 4.39 Å². The number of halogens is 1. The highest BCUT2D eigenvalue weighted by molar-refractivity contribution is 5.59. The lowest BCUT2D eigenvalue weighted by Crippen LogP contribution is -2.06. The van der Waals surface area contributed by atoms with Crippen LogP contribution < -0.4 is 10.6 Å². The fourth-order valence-corrected chi connectivity index (χ4v) is 2.31. The van der Waals surface area contributed by atoms with Crippen molar-refractivity contribution in [3.63, 3.8) is 0 Å². The molecule has 5 nitrogen and oxygen atoms in total. The first-order chi connectivity index (χ1) is 11.6. The van der Waals surface area contributed by atoms with Crippen LogP contribution in [-0.2, 0) is 6.54 Å². The largest absolute Gasteiger partial charge is 0.365 e. The van der Waals surface area contributed by atoms with Gasteiger partial charge in [-0.25, -0.2) is 4.39 Å². The maximum atomic E-state index is 12.9. The molecule has 122 valence electrons. The van der Waals surface area contributed by atoms with Gasteiger partial charge >= 0.3 is 0 Å². The molecule has 3 rings (SSSR count). The minimum Gasteiger partial charge on any atom is -0.365 e. The number of benzene rings is 2. The number of aromatic nitrogens is 3. The monoisotopic (exact) mass is 323 g/mol. The molecule has 6 heteroatoms. The predicted molar refractivity (Wildman–Crippen MR) is 92.8 cm³/mol. The van der Waals surface area contributed by atoms with Crippen LogP contribution in [0.5, 0.6) is 0 Å². The lowest BCUT2D eigenvalue weighted by molar-refractivity contribution is 0.627. The Morgan fingerprint density at radius 1 is 1.04 bits per heavy atom. The van der Waals surface area contributed by atoms with Gasteiger partial charge in [0.15, 0.2) is 5.82 Å². The fourth-order valence-electron chi connectivity index (χ4n) is 2.31. The smallest absolute Gasteiger partial charge is 0.249 e. The van der Waals surface area contributed by atoms with Crippen molar-refractivity contribution >= 4 is 17.5 Å². The summed E-state index contributed by atoms with van der Waals surface area (Å²) in [5.41, 5.74) is 4.21. The van der Waals surface area contributed by atoms with Crippen LogP contribution in [0.4, 0.5) is 21.8 Å². The van der Waals surface area contributed by atoms with Crippen LogP contribution in [0.2, 0.25) is 0 Å². The Kier molecular flexibility index (Phi) is 4.65. The number of hydrogen-bond donors (Lipinski definition) is 2. The molecule has 0 atom stereocenters. The number of aryl methyl sites for hydroxylation is 2. The third-order valence-electron chi connectivity index (χ3n) is 3.57. The topological polar surface area (TPSA) is 62.7 Å². The fraction of sp³-hybridized carbons (Fsp3) is 0.167. The highest BCUT2D eigenvalue weighted by atomic mass is 19.1. The van der Waals surface area contributed by atoms with Crippen LogP contribution in [0.3, 0.4) is 0 Å². The van der Waals surface area contributed by atoms with E-state index < -0.39 is 0 Å². The molecule has 0 bridgehead atoms. The number of nitrogens with one attached hydrogen (secondary N) is 2. The zero-order chi connectivity index (χ0) is 16.9. The molecule has 0 aliphatic carbocycles. The number of rotatable bonds is 5. The summed E-state index contributed by atoms with van der Waals surface area (Å²) in [5.74, 6) is 0.773. The van der Waals surface area contributed by atoms with Crippen LogP contribution in [0.15, 0.2) is 48.7 Å². The second-order valence-corrected chi connectivity index (χ2v) is 5.59. The molecular formula is C18H18FN5. The van der Waals surface area contributed by atoms with Crippen molar-refractivity contribution in [1.82, 2.24) is 15.2 Å². The average Bonchev–Trinajstić information content (AvgIpc) is 2.57. The summed E-state index contributed by atoms with van der Waals surface area (Å²) >= 11 is 0. The summed E-state index contributed by atoms with van der Waals surface area (Å²) in [6.07, 6.45) is 1.55. The van der Waals surface area contributed by atoms with Crippen molar-refractivity contribution in [2.45, 2.75) is 20.4 Å². The van der Waals surface area contributed by atoms with Crippen LogP contribution in [0.25, 0.3) is 0 Å². The van der Waals surface area contributed by atoms with Crippen molar-refractivity contribution in [1.29, 1.82) is 0 Å². The molecule has 2 N–H and O–H groups in total. The van der Waals surface area contributed by atoms with Gasteiger partial charge in [0, 0.05) is 12.2 Å². The second-order valence-electron chi connectivity index (χ2n) is 5.59. The van der Waals surface area contributed by atoms with Gasteiger partial charge < -0.3 is 10.6 Å². The summed E-state index contributed by atoms with van der Waals surface area (Å²) in [4.78, 5) is 4.39. The van der Waals surface area contributed by atoms with E-state index in [0.717, 1.165) is 16.8 Å². The second kappa shape index (κ2) is 7.04. The van der Waals surface area contributed by atoms with Crippen molar-refractivity contribution in [2.24, 2.45) is 0 Å². The van der Waals surface area contributed by atoms with E-state index in [1.165, 1.54) is 17.7 Å². The molecule has 1 aromatic heterocycles. The molecule has 0 saturated heterocycles.